The SMILES string of the molecule is CC(C)(C)OC(=O)/N=C(/NCc1cccc(O)c1)NC(=O)OC(C)(C)C. The van der Waals surface area contributed by atoms with Gasteiger partial charge in [0.25, 0.3) is 0 Å². The lowest BCUT2D eigenvalue weighted by Crippen LogP contribution is -2.44. The number of phenolic OH excluding ortho intramolecular Hbond substituents is 1. The number of amides is 2. The van der Waals surface area contributed by atoms with E-state index in [-0.39, 0.29) is 18.3 Å². The highest BCUT2D eigenvalue weighted by atomic mass is 16.6. The van der Waals surface area contributed by atoms with Crippen LogP contribution in [0, 0.1) is 0 Å². The van der Waals surface area contributed by atoms with Crippen LogP contribution < -0.4 is 10.6 Å². The molecule has 0 saturated heterocycles. The van der Waals surface area contributed by atoms with Gasteiger partial charge in [0.05, 0.1) is 0 Å². The first-order chi connectivity index (χ1) is 11.8. The molecule has 144 valence electrons. The van der Waals surface area contributed by atoms with E-state index in [1.54, 1.807) is 59.7 Å². The average molecular weight is 365 g/mol. The predicted molar refractivity (Wildman–Crippen MR) is 98.0 cm³/mol. The molecule has 0 aliphatic carbocycles. The first-order valence-electron chi connectivity index (χ1n) is 8.17. The molecule has 0 saturated carbocycles. The highest BCUT2D eigenvalue weighted by Gasteiger charge is 2.20. The molecule has 1 aromatic rings. The summed E-state index contributed by atoms with van der Waals surface area (Å²) in [6.45, 7) is 10.5. The molecule has 0 unspecified atom stereocenters. The monoisotopic (exact) mass is 365 g/mol. The van der Waals surface area contributed by atoms with Crippen molar-refractivity contribution in [2.75, 3.05) is 0 Å². The molecule has 0 radical (unpaired) electrons. The zero-order chi connectivity index (χ0) is 20.0. The first kappa shape index (κ1) is 21.3. The minimum Gasteiger partial charge on any atom is -0.508 e. The van der Waals surface area contributed by atoms with E-state index in [9.17, 15) is 14.7 Å². The molecule has 8 heteroatoms. The summed E-state index contributed by atoms with van der Waals surface area (Å²) in [5.41, 5.74) is -0.692. The van der Waals surface area contributed by atoms with Crippen LogP contribution in [-0.4, -0.2) is 34.5 Å². The second-order valence-corrected chi connectivity index (χ2v) is 7.59. The zero-order valence-corrected chi connectivity index (χ0v) is 16.0. The van der Waals surface area contributed by atoms with Crippen molar-refractivity contribution in [2.45, 2.75) is 59.3 Å². The Morgan fingerprint density at radius 2 is 1.69 bits per heavy atom. The van der Waals surface area contributed by atoms with Crippen molar-refractivity contribution in [3.05, 3.63) is 29.8 Å². The van der Waals surface area contributed by atoms with Gasteiger partial charge < -0.3 is 19.9 Å². The zero-order valence-electron chi connectivity index (χ0n) is 16.0. The quantitative estimate of drug-likeness (QED) is 0.548. The van der Waals surface area contributed by atoms with Crippen molar-refractivity contribution in [3.8, 4) is 5.75 Å². The fourth-order valence-corrected chi connectivity index (χ4v) is 1.74. The number of aromatic hydroxyl groups is 1. The molecule has 3 N–H and O–H groups in total. The number of hydrogen-bond acceptors (Lipinski definition) is 5. The predicted octanol–water partition coefficient (Wildman–Crippen LogP) is 3.30. The summed E-state index contributed by atoms with van der Waals surface area (Å²) in [6, 6.07) is 6.54. The van der Waals surface area contributed by atoms with Crippen molar-refractivity contribution in [1.29, 1.82) is 0 Å². The van der Waals surface area contributed by atoms with Crippen LogP contribution >= 0.6 is 0 Å². The summed E-state index contributed by atoms with van der Waals surface area (Å²) in [5.74, 6) is -0.00752. The van der Waals surface area contributed by atoms with Gasteiger partial charge in [-0.3, -0.25) is 5.32 Å². The summed E-state index contributed by atoms with van der Waals surface area (Å²) < 4.78 is 10.3. The molecule has 1 rings (SSSR count). The van der Waals surface area contributed by atoms with Crippen LogP contribution in [0.15, 0.2) is 29.3 Å². The third-order valence-corrected chi connectivity index (χ3v) is 2.59. The van der Waals surface area contributed by atoms with Gasteiger partial charge in [0.2, 0.25) is 5.96 Å². The molecule has 26 heavy (non-hydrogen) atoms. The fraction of sp³-hybridized carbons (Fsp3) is 0.500. The third kappa shape index (κ3) is 9.51. The normalized spacial score (nSPS) is 12.3. The lowest BCUT2D eigenvalue weighted by molar-refractivity contribution is 0.0560. The van der Waals surface area contributed by atoms with Crippen LogP contribution in [0.4, 0.5) is 9.59 Å². The number of ether oxygens (including phenoxy) is 2. The Morgan fingerprint density at radius 3 is 2.23 bits per heavy atom. The van der Waals surface area contributed by atoms with Crippen LogP contribution in [0.3, 0.4) is 0 Å². The van der Waals surface area contributed by atoms with Crippen LogP contribution in [0.2, 0.25) is 0 Å². The number of hydrogen-bond donors (Lipinski definition) is 3. The van der Waals surface area contributed by atoms with Crippen molar-refractivity contribution in [1.82, 2.24) is 10.6 Å². The Bertz CT molecular complexity index is 672. The van der Waals surface area contributed by atoms with Crippen LogP contribution in [-0.2, 0) is 16.0 Å². The first-order valence-corrected chi connectivity index (χ1v) is 8.17. The van der Waals surface area contributed by atoms with E-state index in [4.69, 9.17) is 9.47 Å². The van der Waals surface area contributed by atoms with Crippen molar-refractivity contribution >= 4 is 18.1 Å². The Kier molecular flexibility index (Phi) is 7.00. The van der Waals surface area contributed by atoms with Crippen LogP contribution in [0.25, 0.3) is 0 Å². The van der Waals surface area contributed by atoms with Gasteiger partial charge in [0.15, 0.2) is 0 Å². The largest absolute Gasteiger partial charge is 0.508 e. The van der Waals surface area contributed by atoms with E-state index in [0.29, 0.717) is 0 Å². The summed E-state index contributed by atoms with van der Waals surface area (Å²) in [6.07, 6.45) is -1.62. The lowest BCUT2D eigenvalue weighted by atomic mass is 10.2. The summed E-state index contributed by atoms with van der Waals surface area (Å²) in [7, 11) is 0. The maximum Gasteiger partial charge on any atom is 0.437 e. The number of nitrogens with one attached hydrogen (secondary N) is 2. The number of nitrogens with zero attached hydrogens (tertiary/aromatic N) is 1. The van der Waals surface area contributed by atoms with Gasteiger partial charge >= 0.3 is 12.2 Å². The van der Waals surface area contributed by atoms with Crippen molar-refractivity contribution in [3.63, 3.8) is 0 Å². The molecule has 0 heterocycles. The van der Waals surface area contributed by atoms with Crippen LogP contribution in [0.1, 0.15) is 47.1 Å². The number of guanidine groups is 1. The van der Waals surface area contributed by atoms with Gasteiger partial charge in [0.1, 0.15) is 17.0 Å². The van der Waals surface area contributed by atoms with E-state index in [1.165, 1.54) is 6.07 Å². The van der Waals surface area contributed by atoms with E-state index in [2.05, 4.69) is 15.6 Å². The maximum absolute atomic E-state index is 12.0. The molecular weight excluding hydrogens is 338 g/mol. The molecule has 0 aliphatic rings. The Balaban J connectivity index is 2.86. The minimum atomic E-state index is -0.855. The second kappa shape index (κ2) is 8.55. The standard InChI is InChI=1S/C18H27N3O5/c1-17(2,3)25-15(23)20-14(21-16(24)26-18(4,5)6)19-11-12-8-7-9-13(22)10-12/h7-10,22H,11H2,1-6H3,(H2,19,20,21,23,24). The molecule has 1 aromatic carbocycles. The Labute approximate surface area is 153 Å². The molecule has 0 aromatic heterocycles. The molecule has 2 amide bonds. The fourth-order valence-electron chi connectivity index (χ4n) is 1.74. The van der Waals surface area contributed by atoms with E-state index < -0.39 is 23.4 Å². The number of aliphatic imine (C=N–C) groups is 1. The maximum atomic E-state index is 12.0. The van der Waals surface area contributed by atoms with Gasteiger partial charge in [-0.25, -0.2) is 9.59 Å². The molecule has 0 spiro atoms. The number of phenols is 1. The smallest absolute Gasteiger partial charge is 0.437 e. The van der Waals surface area contributed by atoms with E-state index >= 15 is 0 Å². The molecule has 0 fully saturated rings. The average Bonchev–Trinajstić information content (AvgIpc) is 2.40. The number of alkyl carbamates (subject to hydrolysis) is 1. The third-order valence-electron chi connectivity index (χ3n) is 2.59. The summed E-state index contributed by atoms with van der Waals surface area (Å²) >= 11 is 0. The topological polar surface area (TPSA) is 109 Å². The highest BCUT2D eigenvalue weighted by molar-refractivity contribution is 5.98. The number of carbonyl (C=O) groups is 2. The van der Waals surface area contributed by atoms with Crippen LogP contribution in [0.5, 0.6) is 5.75 Å². The van der Waals surface area contributed by atoms with Gasteiger partial charge in [-0.2, -0.15) is 0 Å². The molecule has 0 atom stereocenters. The lowest BCUT2D eigenvalue weighted by Gasteiger charge is -2.21. The van der Waals surface area contributed by atoms with Gasteiger partial charge in [-0.1, -0.05) is 12.1 Å². The van der Waals surface area contributed by atoms with Crippen molar-refractivity contribution in [2.24, 2.45) is 4.99 Å². The van der Waals surface area contributed by atoms with E-state index in [0.717, 1.165) is 5.56 Å². The highest BCUT2D eigenvalue weighted by Crippen LogP contribution is 2.11. The summed E-state index contributed by atoms with van der Waals surface area (Å²) in [4.78, 5) is 27.6. The molecular formula is C18H27N3O5. The number of rotatable bonds is 2. The number of carbonyl (C=O) groups excluding carboxylic acids is 2. The Morgan fingerprint density at radius 1 is 1.08 bits per heavy atom. The summed E-state index contributed by atoms with van der Waals surface area (Å²) in [5, 5.41) is 14.7. The van der Waals surface area contributed by atoms with Gasteiger partial charge in [-0.15, -0.1) is 4.99 Å². The minimum absolute atomic E-state index is 0.107. The number of benzene rings is 1. The van der Waals surface area contributed by atoms with Gasteiger partial charge in [0, 0.05) is 6.54 Å². The Hall–Kier alpha value is -2.77. The van der Waals surface area contributed by atoms with Gasteiger partial charge in [-0.05, 0) is 59.2 Å². The molecule has 8 nitrogen and oxygen atoms in total. The molecule has 0 bridgehead atoms. The van der Waals surface area contributed by atoms with Crippen molar-refractivity contribution < 1.29 is 24.2 Å². The van der Waals surface area contributed by atoms with E-state index in [1.807, 2.05) is 0 Å². The molecule has 0 aliphatic heterocycles. The second-order valence-electron chi connectivity index (χ2n) is 7.59.